The number of rotatable bonds is 6. The van der Waals surface area contributed by atoms with Crippen molar-refractivity contribution in [3.05, 3.63) is 34.0 Å². The number of aryl methyl sites for hydroxylation is 1. The van der Waals surface area contributed by atoms with E-state index in [1.54, 1.807) is 11.3 Å². The Labute approximate surface area is 128 Å². The first-order valence-electron chi connectivity index (χ1n) is 7.11. The van der Waals surface area contributed by atoms with Crippen LogP contribution in [-0.2, 0) is 24.4 Å². The molecule has 0 saturated carbocycles. The van der Waals surface area contributed by atoms with Gasteiger partial charge >= 0.3 is 0 Å². The number of nitrogens with zero attached hydrogens (tertiary/aromatic N) is 4. The first-order valence-corrected chi connectivity index (χ1v) is 7.99. The van der Waals surface area contributed by atoms with E-state index < -0.39 is 6.10 Å². The molecule has 3 heterocycles. The quantitative estimate of drug-likeness (QED) is 0.864. The molecule has 1 aliphatic rings. The van der Waals surface area contributed by atoms with Gasteiger partial charge in [0.2, 0.25) is 0 Å². The van der Waals surface area contributed by atoms with Crippen LogP contribution in [0.25, 0.3) is 0 Å². The smallest absolute Gasteiger partial charge is 0.147 e. The second-order valence-electron chi connectivity index (χ2n) is 5.30. The van der Waals surface area contributed by atoms with Gasteiger partial charge in [0, 0.05) is 24.5 Å². The Balaban J connectivity index is 1.42. The van der Waals surface area contributed by atoms with Crippen LogP contribution in [0.4, 0.5) is 0 Å². The zero-order valence-corrected chi connectivity index (χ0v) is 12.9. The molecule has 1 aliphatic heterocycles. The fraction of sp³-hybridized carbons (Fsp3) is 0.571. The number of thiophene rings is 1. The van der Waals surface area contributed by atoms with E-state index in [1.165, 1.54) is 4.88 Å². The summed E-state index contributed by atoms with van der Waals surface area (Å²) in [4.78, 5) is 3.38. The van der Waals surface area contributed by atoms with E-state index in [4.69, 9.17) is 4.74 Å². The lowest BCUT2D eigenvalue weighted by atomic mass is 10.3. The second kappa shape index (κ2) is 6.65. The lowest BCUT2D eigenvalue weighted by molar-refractivity contribution is 0.00609. The Hall–Kier alpha value is -1.28. The van der Waals surface area contributed by atoms with Gasteiger partial charge in [-0.2, -0.15) is 0 Å². The third-order valence-corrected chi connectivity index (χ3v) is 4.47. The molecule has 0 spiro atoms. The van der Waals surface area contributed by atoms with Gasteiger partial charge in [0.25, 0.3) is 0 Å². The molecule has 0 aliphatic carbocycles. The third-order valence-electron chi connectivity index (χ3n) is 3.62. The summed E-state index contributed by atoms with van der Waals surface area (Å²) in [6, 6.07) is 4.04. The molecule has 7 heteroatoms. The van der Waals surface area contributed by atoms with Crippen LogP contribution in [0, 0.1) is 6.92 Å². The molecule has 1 N–H and O–H groups in total. The molecule has 6 nitrogen and oxygen atoms in total. The number of β-amino-alcohol motifs (C(OH)–C–C–N with tert-alkyl or cyclic N) is 1. The summed E-state index contributed by atoms with van der Waals surface area (Å²) < 4.78 is 7.69. The summed E-state index contributed by atoms with van der Waals surface area (Å²) in [7, 11) is 0. The lowest BCUT2D eigenvalue weighted by Gasteiger charge is -2.29. The molecule has 0 radical (unpaired) electrons. The second-order valence-corrected chi connectivity index (χ2v) is 6.33. The van der Waals surface area contributed by atoms with Crippen LogP contribution < -0.4 is 0 Å². The molecule has 0 fully saturated rings. The van der Waals surface area contributed by atoms with Crippen molar-refractivity contribution in [1.29, 1.82) is 0 Å². The van der Waals surface area contributed by atoms with Crippen LogP contribution in [-0.4, -0.2) is 50.6 Å². The van der Waals surface area contributed by atoms with E-state index >= 15 is 0 Å². The summed E-state index contributed by atoms with van der Waals surface area (Å²) in [5, 5.41) is 20.4. The molecule has 0 saturated heterocycles. The van der Waals surface area contributed by atoms with Crippen LogP contribution in [0.3, 0.4) is 0 Å². The van der Waals surface area contributed by atoms with E-state index in [0.717, 1.165) is 31.3 Å². The Morgan fingerprint density at radius 3 is 3.14 bits per heavy atom. The van der Waals surface area contributed by atoms with Gasteiger partial charge in [0.1, 0.15) is 11.6 Å². The van der Waals surface area contributed by atoms with Crippen molar-refractivity contribution in [2.24, 2.45) is 0 Å². The summed E-state index contributed by atoms with van der Waals surface area (Å²) in [5.74, 6) is 1.94. The number of aliphatic hydroxyl groups is 1. The average molecular weight is 308 g/mol. The number of aliphatic hydroxyl groups excluding tert-OH is 1. The van der Waals surface area contributed by atoms with E-state index in [2.05, 4.69) is 19.7 Å². The molecular formula is C14H20N4O2S. The van der Waals surface area contributed by atoms with Crippen molar-refractivity contribution in [2.75, 3.05) is 19.7 Å². The molecular weight excluding hydrogens is 288 g/mol. The maximum absolute atomic E-state index is 10.1. The van der Waals surface area contributed by atoms with E-state index in [9.17, 15) is 5.11 Å². The molecule has 0 unspecified atom stereocenters. The van der Waals surface area contributed by atoms with Gasteiger partial charge < -0.3 is 14.4 Å². The first kappa shape index (κ1) is 14.6. The Morgan fingerprint density at radius 1 is 1.43 bits per heavy atom. The number of aromatic nitrogens is 3. The minimum Gasteiger partial charge on any atom is -0.389 e. The van der Waals surface area contributed by atoms with Crippen LogP contribution in [0.2, 0.25) is 0 Å². The summed E-state index contributed by atoms with van der Waals surface area (Å²) >= 11 is 1.67. The van der Waals surface area contributed by atoms with Crippen molar-refractivity contribution in [2.45, 2.75) is 32.7 Å². The first-order chi connectivity index (χ1) is 10.2. The monoisotopic (exact) mass is 308 g/mol. The van der Waals surface area contributed by atoms with Crippen molar-refractivity contribution in [3.63, 3.8) is 0 Å². The fourth-order valence-corrected chi connectivity index (χ4v) is 3.19. The maximum atomic E-state index is 10.1. The minimum atomic E-state index is -0.472. The van der Waals surface area contributed by atoms with Gasteiger partial charge in [-0.15, -0.1) is 21.5 Å². The van der Waals surface area contributed by atoms with Crippen molar-refractivity contribution >= 4 is 11.3 Å². The number of hydrogen-bond donors (Lipinski definition) is 1. The van der Waals surface area contributed by atoms with Gasteiger partial charge in [0.15, 0.2) is 0 Å². The molecule has 3 rings (SSSR count). The Morgan fingerprint density at radius 2 is 2.33 bits per heavy atom. The molecule has 2 aromatic rings. The van der Waals surface area contributed by atoms with Gasteiger partial charge in [0.05, 0.1) is 25.9 Å². The molecule has 1 atom stereocenters. The zero-order valence-electron chi connectivity index (χ0n) is 12.1. The molecule has 0 bridgehead atoms. The molecule has 0 aromatic carbocycles. The number of hydrogen-bond acceptors (Lipinski definition) is 6. The SMILES string of the molecule is Cc1nnc2n1CCN(C[C@H](O)COCc1cccs1)C2. The number of fused-ring (bicyclic) bond motifs is 1. The standard InChI is InChI=1S/C14H20N4O2S/c1-11-15-16-14-8-17(4-5-18(11)14)7-12(19)9-20-10-13-3-2-6-21-13/h2-3,6,12,19H,4-5,7-10H2,1H3/t12-/m0/s1. The highest BCUT2D eigenvalue weighted by atomic mass is 32.1. The van der Waals surface area contributed by atoms with E-state index in [0.29, 0.717) is 19.8 Å². The number of ether oxygens (including phenoxy) is 1. The maximum Gasteiger partial charge on any atom is 0.147 e. The van der Waals surface area contributed by atoms with Gasteiger partial charge in [-0.3, -0.25) is 4.90 Å². The summed E-state index contributed by atoms with van der Waals surface area (Å²) in [6.45, 7) is 6.05. The van der Waals surface area contributed by atoms with Gasteiger partial charge in [-0.1, -0.05) is 6.07 Å². The predicted molar refractivity (Wildman–Crippen MR) is 80.0 cm³/mol. The largest absolute Gasteiger partial charge is 0.389 e. The average Bonchev–Trinajstić information content (AvgIpc) is 3.09. The predicted octanol–water partition coefficient (Wildman–Crippen LogP) is 1.04. The van der Waals surface area contributed by atoms with E-state index in [1.807, 2.05) is 24.4 Å². The topological polar surface area (TPSA) is 63.4 Å². The van der Waals surface area contributed by atoms with E-state index in [-0.39, 0.29) is 0 Å². The van der Waals surface area contributed by atoms with Crippen LogP contribution in [0.15, 0.2) is 17.5 Å². The normalized spacial score (nSPS) is 16.9. The zero-order chi connectivity index (χ0) is 14.7. The van der Waals surface area contributed by atoms with Crippen LogP contribution in [0.1, 0.15) is 16.5 Å². The Kier molecular flexibility index (Phi) is 4.64. The van der Waals surface area contributed by atoms with Crippen molar-refractivity contribution in [1.82, 2.24) is 19.7 Å². The Bertz CT molecular complexity index is 570. The van der Waals surface area contributed by atoms with Crippen molar-refractivity contribution in [3.8, 4) is 0 Å². The molecule has 2 aromatic heterocycles. The molecule has 21 heavy (non-hydrogen) atoms. The van der Waals surface area contributed by atoms with Crippen molar-refractivity contribution < 1.29 is 9.84 Å². The van der Waals surface area contributed by atoms with Gasteiger partial charge in [-0.25, -0.2) is 0 Å². The van der Waals surface area contributed by atoms with Gasteiger partial charge in [-0.05, 0) is 18.4 Å². The lowest BCUT2D eigenvalue weighted by Crippen LogP contribution is -2.40. The van der Waals surface area contributed by atoms with Crippen LogP contribution >= 0.6 is 11.3 Å². The third kappa shape index (κ3) is 3.68. The summed E-state index contributed by atoms with van der Waals surface area (Å²) in [5.41, 5.74) is 0. The van der Waals surface area contributed by atoms with Crippen LogP contribution in [0.5, 0.6) is 0 Å². The minimum absolute atomic E-state index is 0.361. The molecule has 114 valence electrons. The summed E-state index contributed by atoms with van der Waals surface area (Å²) in [6.07, 6.45) is -0.472. The molecule has 0 amide bonds. The highest BCUT2D eigenvalue weighted by molar-refractivity contribution is 7.09. The highest BCUT2D eigenvalue weighted by Gasteiger charge is 2.21. The highest BCUT2D eigenvalue weighted by Crippen LogP contribution is 2.13. The fourth-order valence-electron chi connectivity index (χ4n) is 2.55.